The van der Waals surface area contributed by atoms with Crippen LogP contribution >= 0.6 is 0 Å². The minimum Gasteiger partial charge on any atom is -0.487 e. The third-order valence-electron chi connectivity index (χ3n) is 5.16. The Labute approximate surface area is 203 Å². The summed E-state index contributed by atoms with van der Waals surface area (Å²) in [5, 5.41) is 0. The summed E-state index contributed by atoms with van der Waals surface area (Å²) in [6.45, 7) is 6.90. The molecule has 2 aromatic carbocycles. The van der Waals surface area contributed by atoms with Gasteiger partial charge in [0.05, 0.1) is 11.4 Å². The smallest absolute Gasteiger partial charge is 0.130 e. The molecule has 178 valence electrons. The molecule has 0 aliphatic rings. The van der Waals surface area contributed by atoms with E-state index < -0.39 is 0 Å². The lowest BCUT2D eigenvalue weighted by Crippen LogP contribution is -2.03. The number of benzene rings is 2. The van der Waals surface area contributed by atoms with Crippen molar-refractivity contribution in [3.05, 3.63) is 89.2 Å². The van der Waals surface area contributed by atoms with Gasteiger partial charge in [0.1, 0.15) is 24.7 Å². The Balaban J connectivity index is 1.45. The van der Waals surface area contributed by atoms with Gasteiger partial charge in [0.2, 0.25) is 0 Å². The summed E-state index contributed by atoms with van der Waals surface area (Å²) in [5.74, 6) is 1.62. The molecule has 0 saturated heterocycles. The van der Waals surface area contributed by atoms with Crippen molar-refractivity contribution < 1.29 is 9.47 Å². The van der Waals surface area contributed by atoms with E-state index in [0.717, 1.165) is 72.8 Å². The maximum Gasteiger partial charge on any atom is 0.130 e. The molecule has 5 nitrogen and oxygen atoms in total. The van der Waals surface area contributed by atoms with E-state index in [9.17, 15) is 0 Å². The summed E-state index contributed by atoms with van der Waals surface area (Å²) in [6, 6.07) is 21.8. The summed E-state index contributed by atoms with van der Waals surface area (Å²) in [6.07, 6.45) is 8.39. The molecule has 34 heavy (non-hydrogen) atoms. The molecule has 3 aromatic rings. The van der Waals surface area contributed by atoms with E-state index in [2.05, 4.69) is 28.8 Å². The Kier molecular flexibility index (Phi) is 10.8. The van der Waals surface area contributed by atoms with E-state index in [0.29, 0.717) is 13.2 Å². The van der Waals surface area contributed by atoms with Gasteiger partial charge in [0, 0.05) is 25.5 Å². The van der Waals surface area contributed by atoms with E-state index in [1.807, 2.05) is 79.2 Å². The second-order valence-electron chi connectivity index (χ2n) is 8.11. The monoisotopic (exact) mass is 457 g/mol. The van der Waals surface area contributed by atoms with Crippen LogP contribution < -0.4 is 9.47 Å². The van der Waals surface area contributed by atoms with Gasteiger partial charge in [-0.1, -0.05) is 32.8 Å². The zero-order valence-electron chi connectivity index (χ0n) is 20.3. The lowest BCUT2D eigenvalue weighted by molar-refractivity contribution is 0.290. The molecule has 5 heteroatoms. The van der Waals surface area contributed by atoms with Crippen LogP contribution in [-0.2, 0) is 13.2 Å². The second kappa shape index (κ2) is 14.6. The molecule has 0 N–H and O–H groups in total. The summed E-state index contributed by atoms with van der Waals surface area (Å²) in [5.41, 5.74) is 3.89. The van der Waals surface area contributed by atoms with E-state index in [1.54, 1.807) is 0 Å². The van der Waals surface area contributed by atoms with Gasteiger partial charge in [0.15, 0.2) is 0 Å². The SMILES string of the molecule is CCCCN=Cc1ccc(OCc2cccc(COc3ccc(C=NCCCC)cc3)n2)cc1. The molecule has 0 amide bonds. The number of nitrogens with zero attached hydrogens (tertiary/aromatic N) is 3. The van der Waals surface area contributed by atoms with Crippen LogP contribution in [-0.4, -0.2) is 30.5 Å². The maximum atomic E-state index is 5.91. The van der Waals surface area contributed by atoms with Gasteiger partial charge in [-0.2, -0.15) is 0 Å². The average Bonchev–Trinajstić information content (AvgIpc) is 2.88. The quantitative estimate of drug-likeness (QED) is 0.200. The molecule has 0 spiro atoms. The molecule has 0 aliphatic carbocycles. The van der Waals surface area contributed by atoms with Crippen molar-refractivity contribution in [1.82, 2.24) is 4.98 Å². The Bertz CT molecular complexity index is 947. The van der Waals surface area contributed by atoms with Crippen LogP contribution in [0.4, 0.5) is 0 Å². The first-order chi connectivity index (χ1) is 16.8. The predicted octanol–water partition coefficient (Wildman–Crippen LogP) is 6.68. The van der Waals surface area contributed by atoms with Crippen molar-refractivity contribution in [2.24, 2.45) is 9.98 Å². The van der Waals surface area contributed by atoms with Gasteiger partial charge < -0.3 is 9.47 Å². The second-order valence-corrected chi connectivity index (χ2v) is 8.11. The number of aliphatic imine (C=N–C) groups is 2. The third-order valence-corrected chi connectivity index (χ3v) is 5.16. The van der Waals surface area contributed by atoms with Crippen molar-refractivity contribution in [3.63, 3.8) is 0 Å². The molecule has 0 aliphatic heterocycles. The topological polar surface area (TPSA) is 56.1 Å². The number of unbranched alkanes of at least 4 members (excludes halogenated alkanes) is 2. The Morgan fingerprint density at radius 1 is 0.647 bits per heavy atom. The molecular formula is C29H35N3O2. The van der Waals surface area contributed by atoms with Gasteiger partial charge in [-0.25, -0.2) is 0 Å². The lowest BCUT2D eigenvalue weighted by atomic mass is 10.2. The number of hydrogen-bond acceptors (Lipinski definition) is 5. The third kappa shape index (κ3) is 9.18. The van der Waals surface area contributed by atoms with Crippen LogP contribution in [0.15, 0.2) is 76.7 Å². The normalized spacial score (nSPS) is 11.4. The Morgan fingerprint density at radius 2 is 1.09 bits per heavy atom. The molecule has 0 bridgehead atoms. The Hall–Kier alpha value is -3.47. The van der Waals surface area contributed by atoms with Gasteiger partial charge >= 0.3 is 0 Å². The van der Waals surface area contributed by atoms with Crippen molar-refractivity contribution in [2.75, 3.05) is 13.1 Å². The fraction of sp³-hybridized carbons (Fsp3) is 0.345. The lowest BCUT2D eigenvalue weighted by Gasteiger charge is -2.09. The van der Waals surface area contributed by atoms with Gasteiger partial charge in [-0.05, 0) is 84.6 Å². The molecule has 0 saturated carbocycles. The van der Waals surface area contributed by atoms with Gasteiger partial charge in [-0.15, -0.1) is 0 Å². The molecular weight excluding hydrogens is 422 g/mol. The van der Waals surface area contributed by atoms with E-state index >= 15 is 0 Å². The van der Waals surface area contributed by atoms with Crippen LogP contribution in [0.3, 0.4) is 0 Å². The molecule has 1 aromatic heterocycles. The standard InChI is InChI=1S/C29H35N3O2/c1-3-5-18-30-20-24-10-14-28(15-11-24)33-22-26-8-7-9-27(32-26)23-34-29-16-12-25(13-17-29)21-31-19-6-4-2/h7-17,20-21H,3-6,18-19,22-23H2,1-2H3. The highest BCUT2D eigenvalue weighted by atomic mass is 16.5. The summed E-state index contributed by atoms with van der Waals surface area (Å²) < 4.78 is 11.8. The first-order valence-corrected chi connectivity index (χ1v) is 12.2. The summed E-state index contributed by atoms with van der Waals surface area (Å²) >= 11 is 0. The highest BCUT2D eigenvalue weighted by Gasteiger charge is 2.02. The van der Waals surface area contributed by atoms with Crippen LogP contribution in [0.25, 0.3) is 0 Å². The minimum atomic E-state index is 0.407. The van der Waals surface area contributed by atoms with Crippen LogP contribution in [0.2, 0.25) is 0 Å². The fourth-order valence-corrected chi connectivity index (χ4v) is 3.14. The predicted molar refractivity (Wildman–Crippen MR) is 141 cm³/mol. The van der Waals surface area contributed by atoms with E-state index in [4.69, 9.17) is 9.47 Å². The van der Waals surface area contributed by atoms with Crippen LogP contribution in [0, 0.1) is 0 Å². The highest BCUT2D eigenvalue weighted by Crippen LogP contribution is 2.15. The van der Waals surface area contributed by atoms with Crippen molar-refractivity contribution >= 4 is 12.4 Å². The zero-order valence-corrected chi connectivity index (χ0v) is 20.3. The minimum absolute atomic E-state index is 0.407. The van der Waals surface area contributed by atoms with Gasteiger partial charge in [-0.3, -0.25) is 15.0 Å². The molecule has 1 heterocycles. The maximum absolute atomic E-state index is 5.91. The first kappa shape index (κ1) is 25.2. The summed E-state index contributed by atoms with van der Waals surface area (Å²) in [7, 11) is 0. The number of ether oxygens (including phenoxy) is 2. The number of hydrogen-bond donors (Lipinski definition) is 0. The average molecular weight is 458 g/mol. The number of rotatable bonds is 14. The first-order valence-electron chi connectivity index (χ1n) is 12.2. The fourth-order valence-electron chi connectivity index (χ4n) is 3.14. The number of pyridine rings is 1. The Morgan fingerprint density at radius 3 is 1.50 bits per heavy atom. The molecule has 0 unspecified atom stereocenters. The molecule has 0 fully saturated rings. The summed E-state index contributed by atoms with van der Waals surface area (Å²) in [4.78, 5) is 13.5. The van der Waals surface area contributed by atoms with E-state index in [-0.39, 0.29) is 0 Å². The highest BCUT2D eigenvalue weighted by molar-refractivity contribution is 5.80. The molecule has 0 atom stereocenters. The zero-order chi connectivity index (χ0) is 23.8. The van der Waals surface area contributed by atoms with Gasteiger partial charge in [0.25, 0.3) is 0 Å². The number of aromatic nitrogens is 1. The largest absolute Gasteiger partial charge is 0.487 e. The van der Waals surface area contributed by atoms with Crippen LogP contribution in [0.1, 0.15) is 62.0 Å². The van der Waals surface area contributed by atoms with Crippen molar-refractivity contribution in [2.45, 2.75) is 52.7 Å². The van der Waals surface area contributed by atoms with E-state index in [1.165, 1.54) is 0 Å². The molecule has 3 rings (SSSR count). The van der Waals surface area contributed by atoms with Crippen molar-refractivity contribution in [3.8, 4) is 11.5 Å². The van der Waals surface area contributed by atoms with Crippen LogP contribution in [0.5, 0.6) is 11.5 Å². The molecule has 0 radical (unpaired) electrons. The van der Waals surface area contributed by atoms with Crippen molar-refractivity contribution in [1.29, 1.82) is 0 Å².